The van der Waals surface area contributed by atoms with Crippen LogP contribution in [0.4, 0.5) is 28.8 Å². The maximum Gasteiger partial charge on any atom is 0.229 e. The summed E-state index contributed by atoms with van der Waals surface area (Å²) in [4.78, 5) is 13.0. The van der Waals surface area contributed by atoms with Gasteiger partial charge in [0.15, 0.2) is 5.82 Å². The van der Waals surface area contributed by atoms with Gasteiger partial charge in [-0.1, -0.05) is 12.1 Å². The van der Waals surface area contributed by atoms with Crippen LogP contribution in [-0.4, -0.2) is 26.6 Å². The molecule has 0 saturated heterocycles. The molecule has 0 bridgehead atoms. The highest BCUT2D eigenvalue weighted by molar-refractivity contribution is 5.73. The van der Waals surface area contributed by atoms with Gasteiger partial charge in [0.05, 0.1) is 19.0 Å². The average Bonchev–Trinajstić information content (AvgIpc) is 3.21. The highest BCUT2D eigenvalue weighted by Gasteiger charge is 2.08. The second-order valence-corrected chi connectivity index (χ2v) is 6.48. The van der Waals surface area contributed by atoms with Crippen LogP contribution in [0.1, 0.15) is 0 Å². The monoisotopic (exact) mass is 402 g/mol. The molecule has 0 radical (unpaired) electrons. The zero-order valence-corrected chi connectivity index (χ0v) is 16.5. The molecule has 2 aromatic carbocycles. The Morgan fingerprint density at radius 2 is 1.83 bits per heavy atom. The fourth-order valence-corrected chi connectivity index (χ4v) is 2.93. The Bertz CT molecular complexity index is 1140. The summed E-state index contributed by atoms with van der Waals surface area (Å²) < 4.78 is 7.11. The lowest BCUT2D eigenvalue weighted by atomic mass is 10.2. The molecule has 4 rings (SSSR count). The van der Waals surface area contributed by atoms with Crippen molar-refractivity contribution < 1.29 is 4.74 Å². The number of benzene rings is 2. The smallest absolute Gasteiger partial charge is 0.229 e. The van der Waals surface area contributed by atoms with E-state index in [9.17, 15) is 5.21 Å². The number of hydrogen-bond acceptors (Lipinski definition) is 8. The second-order valence-electron chi connectivity index (χ2n) is 6.48. The number of aryl methyl sites for hydroxylation is 1. The molecular formula is C21H20N7O2-. The number of hydrogen-bond donors (Lipinski definition) is 3. The summed E-state index contributed by atoms with van der Waals surface area (Å²) in [6.45, 7) is 0. The molecule has 3 N–H and O–H groups in total. The van der Waals surface area contributed by atoms with Crippen molar-refractivity contribution >= 4 is 28.8 Å². The number of methoxy groups -OCH3 is 1. The van der Waals surface area contributed by atoms with Crippen LogP contribution >= 0.6 is 0 Å². The lowest BCUT2D eigenvalue weighted by Crippen LogP contribution is -2.04. The molecule has 2 aromatic heterocycles. The summed E-state index contributed by atoms with van der Waals surface area (Å²) in [6, 6.07) is 15.1. The first-order valence-electron chi connectivity index (χ1n) is 9.17. The maximum absolute atomic E-state index is 11.3. The summed E-state index contributed by atoms with van der Waals surface area (Å²) in [7, 11) is 3.55. The molecule has 0 saturated carbocycles. The topological polar surface area (TPSA) is 112 Å². The minimum absolute atomic E-state index is 0.234. The van der Waals surface area contributed by atoms with Crippen LogP contribution in [0.25, 0.3) is 11.4 Å². The first kappa shape index (κ1) is 19.2. The molecule has 9 heteroatoms. The summed E-state index contributed by atoms with van der Waals surface area (Å²) in [5.41, 5.74) is 4.61. The van der Waals surface area contributed by atoms with Crippen LogP contribution in [0.2, 0.25) is 0 Å². The van der Waals surface area contributed by atoms with Crippen molar-refractivity contribution in [3.8, 4) is 17.1 Å². The van der Waals surface area contributed by atoms with E-state index in [1.165, 1.54) is 6.20 Å². The number of nitrogens with one attached hydrogen (secondary N) is 3. The lowest BCUT2D eigenvalue weighted by molar-refractivity contribution is 0.415. The van der Waals surface area contributed by atoms with Gasteiger partial charge in [-0.15, -0.1) is 0 Å². The van der Waals surface area contributed by atoms with E-state index >= 15 is 0 Å². The Kier molecular flexibility index (Phi) is 5.44. The van der Waals surface area contributed by atoms with Crippen LogP contribution in [0.5, 0.6) is 5.75 Å². The van der Waals surface area contributed by atoms with Crippen molar-refractivity contribution in [1.29, 1.82) is 0 Å². The second kappa shape index (κ2) is 8.50. The number of nitrogens with zero attached hydrogens (tertiary/aromatic N) is 4. The van der Waals surface area contributed by atoms with Gasteiger partial charge >= 0.3 is 0 Å². The van der Waals surface area contributed by atoms with E-state index in [0.717, 1.165) is 28.5 Å². The van der Waals surface area contributed by atoms with Gasteiger partial charge in [0.25, 0.3) is 0 Å². The van der Waals surface area contributed by atoms with E-state index in [1.807, 2.05) is 71.8 Å². The largest absolute Gasteiger partial charge is 0.761 e. The van der Waals surface area contributed by atoms with Gasteiger partial charge in [0.1, 0.15) is 11.6 Å². The quantitative estimate of drug-likeness (QED) is 0.393. The Hall–Kier alpha value is -4.11. The Labute approximate surface area is 173 Å². The third-order valence-electron chi connectivity index (χ3n) is 4.45. The van der Waals surface area contributed by atoms with Gasteiger partial charge in [-0.3, -0.25) is 0 Å². The molecule has 9 nitrogen and oxygen atoms in total. The first-order valence-corrected chi connectivity index (χ1v) is 9.17. The van der Waals surface area contributed by atoms with Crippen molar-refractivity contribution in [2.24, 2.45) is 7.05 Å². The Morgan fingerprint density at radius 3 is 2.53 bits per heavy atom. The number of imidazole rings is 1. The minimum atomic E-state index is 0.234. The molecule has 0 aliphatic carbocycles. The third-order valence-corrected chi connectivity index (χ3v) is 4.45. The summed E-state index contributed by atoms with van der Waals surface area (Å²) in [5.74, 6) is 2.29. The van der Waals surface area contributed by atoms with Gasteiger partial charge < -0.3 is 30.6 Å². The van der Waals surface area contributed by atoms with Gasteiger partial charge in [-0.2, -0.15) is 4.98 Å². The number of anilines is 5. The summed E-state index contributed by atoms with van der Waals surface area (Å²) >= 11 is 0. The van der Waals surface area contributed by atoms with Gasteiger partial charge in [-0.05, 0) is 36.4 Å². The Balaban J connectivity index is 1.58. The van der Waals surface area contributed by atoms with Gasteiger partial charge in [0, 0.05) is 36.4 Å². The average molecular weight is 402 g/mol. The molecule has 2 heterocycles. The van der Waals surface area contributed by atoms with Crippen molar-refractivity contribution in [2.75, 3.05) is 23.2 Å². The molecule has 0 unspecified atom stereocenters. The molecule has 152 valence electrons. The summed E-state index contributed by atoms with van der Waals surface area (Å²) in [5, 5.41) is 17.6. The third kappa shape index (κ3) is 4.15. The highest BCUT2D eigenvalue weighted by Crippen LogP contribution is 2.27. The fourth-order valence-electron chi connectivity index (χ4n) is 2.93. The maximum atomic E-state index is 11.3. The van der Waals surface area contributed by atoms with Crippen LogP contribution in [-0.2, 0) is 7.05 Å². The Morgan fingerprint density at radius 1 is 1.00 bits per heavy atom. The molecular weight excluding hydrogens is 382 g/mol. The number of aromatic nitrogens is 4. The van der Waals surface area contributed by atoms with Gasteiger partial charge in [-0.25, -0.2) is 9.97 Å². The van der Waals surface area contributed by atoms with Crippen LogP contribution in [0.3, 0.4) is 0 Å². The molecule has 0 amide bonds. The number of ether oxygens (including phenoxy) is 1. The van der Waals surface area contributed by atoms with Gasteiger partial charge in [0.2, 0.25) is 5.95 Å². The van der Waals surface area contributed by atoms with Crippen LogP contribution < -0.4 is 20.9 Å². The highest BCUT2D eigenvalue weighted by atomic mass is 16.5. The van der Waals surface area contributed by atoms with Crippen molar-refractivity contribution in [3.05, 3.63) is 72.3 Å². The number of rotatable bonds is 7. The molecule has 0 fully saturated rings. The van der Waals surface area contributed by atoms with E-state index in [1.54, 1.807) is 13.3 Å². The van der Waals surface area contributed by atoms with Crippen molar-refractivity contribution in [1.82, 2.24) is 19.5 Å². The molecule has 30 heavy (non-hydrogen) atoms. The van der Waals surface area contributed by atoms with E-state index < -0.39 is 0 Å². The van der Waals surface area contributed by atoms with Crippen molar-refractivity contribution in [3.63, 3.8) is 0 Å². The zero-order valence-electron chi connectivity index (χ0n) is 16.5. The van der Waals surface area contributed by atoms with Crippen LogP contribution in [0.15, 0.2) is 67.1 Å². The molecule has 0 aliphatic heterocycles. The molecule has 0 spiro atoms. The first-order chi connectivity index (χ1) is 14.7. The minimum Gasteiger partial charge on any atom is -0.761 e. The fraction of sp³-hybridized carbons (Fsp3) is 0.0952. The normalized spacial score (nSPS) is 10.5. The predicted octanol–water partition coefficient (Wildman–Crippen LogP) is 4.28. The van der Waals surface area contributed by atoms with Crippen molar-refractivity contribution in [2.45, 2.75) is 0 Å². The molecule has 0 atom stereocenters. The van der Waals surface area contributed by atoms with Crippen LogP contribution in [0, 0.1) is 5.21 Å². The van der Waals surface area contributed by atoms with E-state index in [4.69, 9.17) is 4.74 Å². The standard InChI is InChI=1S/C21H20N7O2/c1-28-11-10-22-20(28)14-4-3-5-16(12-14)25-21-23-13-18(27-29)19(26-21)24-15-6-8-17(30-2)9-7-15/h3-13,27H,1-2H3,(H2,23,24,25,26)/q-1. The van der Waals surface area contributed by atoms with E-state index in [2.05, 4.69) is 25.6 Å². The molecule has 4 aromatic rings. The summed E-state index contributed by atoms with van der Waals surface area (Å²) in [6.07, 6.45) is 5.07. The van der Waals surface area contributed by atoms with E-state index in [0.29, 0.717) is 11.8 Å². The van der Waals surface area contributed by atoms with E-state index in [-0.39, 0.29) is 5.69 Å². The predicted molar refractivity (Wildman–Crippen MR) is 117 cm³/mol. The zero-order chi connectivity index (χ0) is 20.9. The molecule has 0 aliphatic rings. The lowest BCUT2D eigenvalue weighted by Gasteiger charge is -2.16. The SMILES string of the molecule is COc1ccc(Nc2nc(Nc3cccc(-c4nccn4C)c3)ncc2N[O-])cc1.